The van der Waals surface area contributed by atoms with Crippen molar-refractivity contribution in [3.8, 4) is 11.5 Å². The van der Waals surface area contributed by atoms with Crippen molar-refractivity contribution in [3.05, 3.63) is 77.4 Å². The van der Waals surface area contributed by atoms with Gasteiger partial charge in [-0.15, -0.1) is 0 Å². The Balaban J connectivity index is 1.33. The van der Waals surface area contributed by atoms with Gasteiger partial charge >= 0.3 is 0 Å². The lowest BCUT2D eigenvalue weighted by Gasteiger charge is -2.34. The van der Waals surface area contributed by atoms with Crippen LogP contribution in [-0.4, -0.2) is 46.9 Å². The molecule has 6 heteroatoms. The van der Waals surface area contributed by atoms with E-state index in [0.717, 1.165) is 18.7 Å². The minimum atomic E-state index is -0.179. The van der Waals surface area contributed by atoms with Crippen LogP contribution in [0.25, 0.3) is 11.5 Å². The maximum atomic E-state index is 13.8. The van der Waals surface area contributed by atoms with E-state index in [4.69, 9.17) is 4.42 Å². The lowest BCUT2D eigenvalue weighted by atomic mass is 10.1. The lowest BCUT2D eigenvalue weighted by molar-refractivity contribution is -0.132. The molecule has 1 aliphatic rings. The number of carbonyl (C=O) groups excluding carboxylic acids is 1. The van der Waals surface area contributed by atoms with E-state index < -0.39 is 0 Å². The number of amides is 1. The molecule has 5 nitrogen and oxygen atoms in total. The molecule has 4 rings (SSSR count). The van der Waals surface area contributed by atoms with Gasteiger partial charge in [0.1, 0.15) is 11.6 Å². The number of piperazine rings is 1. The summed E-state index contributed by atoms with van der Waals surface area (Å²) in [5.41, 5.74) is 2.28. The van der Waals surface area contributed by atoms with Gasteiger partial charge in [-0.05, 0) is 25.1 Å². The van der Waals surface area contributed by atoms with Crippen molar-refractivity contribution in [2.24, 2.45) is 0 Å². The van der Waals surface area contributed by atoms with Gasteiger partial charge in [0.2, 0.25) is 11.8 Å². The number of halogens is 1. The number of aromatic nitrogens is 1. The van der Waals surface area contributed by atoms with Crippen LogP contribution in [0.3, 0.4) is 0 Å². The number of rotatable bonds is 5. The van der Waals surface area contributed by atoms with Crippen molar-refractivity contribution >= 4 is 5.91 Å². The van der Waals surface area contributed by atoms with Crippen LogP contribution in [0.4, 0.5) is 4.39 Å². The van der Waals surface area contributed by atoms with Gasteiger partial charge in [-0.1, -0.05) is 36.4 Å². The molecule has 1 saturated heterocycles. The zero-order valence-corrected chi connectivity index (χ0v) is 16.5. The molecule has 0 unspecified atom stereocenters. The number of hydrogen-bond acceptors (Lipinski definition) is 4. The predicted octanol–water partition coefficient (Wildman–Crippen LogP) is 3.68. The number of aryl methyl sites for hydroxylation is 1. The van der Waals surface area contributed by atoms with Crippen LogP contribution >= 0.6 is 0 Å². The molecule has 1 aromatic heterocycles. The van der Waals surface area contributed by atoms with Gasteiger partial charge in [0.15, 0.2) is 0 Å². The number of hydrogen-bond donors (Lipinski definition) is 0. The molecule has 0 atom stereocenters. The Labute approximate surface area is 169 Å². The van der Waals surface area contributed by atoms with E-state index in [1.54, 1.807) is 6.07 Å². The molecule has 2 heterocycles. The highest BCUT2D eigenvalue weighted by Gasteiger charge is 2.23. The largest absolute Gasteiger partial charge is 0.441 e. The van der Waals surface area contributed by atoms with Crippen molar-refractivity contribution in [1.82, 2.24) is 14.8 Å². The smallest absolute Gasteiger partial charge is 0.228 e. The molecule has 0 radical (unpaired) electrons. The molecule has 1 fully saturated rings. The van der Waals surface area contributed by atoms with Crippen LogP contribution in [0, 0.1) is 12.7 Å². The van der Waals surface area contributed by atoms with Crippen molar-refractivity contribution in [2.75, 3.05) is 26.2 Å². The summed E-state index contributed by atoms with van der Waals surface area (Å²) in [6.07, 6.45) is 0.232. The third-order valence-corrected chi connectivity index (χ3v) is 5.31. The van der Waals surface area contributed by atoms with E-state index in [0.29, 0.717) is 42.5 Å². The highest BCUT2D eigenvalue weighted by atomic mass is 19.1. The zero-order chi connectivity index (χ0) is 20.2. The van der Waals surface area contributed by atoms with E-state index in [-0.39, 0.29) is 18.1 Å². The zero-order valence-electron chi connectivity index (χ0n) is 16.5. The van der Waals surface area contributed by atoms with Crippen molar-refractivity contribution in [1.29, 1.82) is 0 Å². The monoisotopic (exact) mass is 393 g/mol. The molecule has 2 aromatic carbocycles. The van der Waals surface area contributed by atoms with E-state index in [1.165, 1.54) is 6.07 Å². The SMILES string of the molecule is Cc1oc(-c2ccccc2)nc1CC(=O)N1CCN(Cc2ccccc2F)CC1. The summed E-state index contributed by atoms with van der Waals surface area (Å²) in [4.78, 5) is 21.3. The van der Waals surface area contributed by atoms with Crippen molar-refractivity contribution < 1.29 is 13.6 Å². The minimum Gasteiger partial charge on any atom is -0.441 e. The van der Waals surface area contributed by atoms with Crippen LogP contribution in [0.5, 0.6) is 0 Å². The Hall–Kier alpha value is -2.99. The summed E-state index contributed by atoms with van der Waals surface area (Å²) in [5.74, 6) is 1.09. The van der Waals surface area contributed by atoms with Gasteiger partial charge < -0.3 is 9.32 Å². The second-order valence-electron chi connectivity index (χ2n) is 7.31. The molecule has 3 aromatic rings. The molecule has 1 aliphatic heterocycles. The van der Waals surface area contributed by atoms with Gasteiger partial charge in [0, 0.05) is 43.9 Å². The fourth-order valence-electron chi connectivity index (χ4n) is 3.57. The Morgan fingerprint density at radius 2 is 1.72 bits per heavy atom. The Kier molecular flexibility index (Phi) is 5.71. The van der Waals surface area contributed by atoms with Crippen LogP contribution < -0.4 is 0 Å². The van der Waals surface area contributed by atoms with Gasteiger partial charge in [-0.3, -0.25) is 9.69 Å². The molecule has 1 amide bonds. The number of benzene rings is 2. The lowest BCUT2D eigenvalue weighted by Crippen LogP contribution is -2.48. The summed E-state index contributed by atoms with van der Waals surface area (Å²) in [6, 6.07) is 16.5. The summed E-state index contributed by atoms with van der Waals surface area (Å²) in [6.45, 7) is 5.14. The molecule has 150 valence electrons. The molecular formula is C23H24FN3O2. The number of carbonyl (C=O) groups is 1. The molecule has 0 N–H and O–H groups in total. The van der Waals surface area contributed by atoms with Gasteiger partial charge in [0.05, 0.1) is 12.1 Å². The third-order valence-electron chi connectivity index (χ3n) is 5.31. The normalized spacial score (nSPS) is 14.9. The molecule has 29 heavy (non-hydrogen) atoms. The maximum absolute atomic E-state index is 13.8. The third kappa shape index (κ3) is 4.54. The quantitative estimate of drug-likeness (QED) is 0.664. The van der Waals surface area contributed by atoms with E-state index in [9.17, 15) is 9.18 Å². The topological polar surface area (TPSA) is 49.6 Å². The van der Waals surface area contributed by atoms with Crippen LogP contribution in [0.15, 0.2) is 59.0 Å². The molecule has 0 saturated carbocycles. The fourth-order valence-corrected chi connectivity index (χ4v) is 3.57. The van der Waals surface area contributed by atoms with Crippen LogP contribution in [-0.2, 0) is 17.8 Å². The molecule has 0 spiro atoms. The standard InChI is InChI=1S/C23H24FN3O2/c1-17-21(25-23(29-17)18-7-3-2-4-8-18)15-22(28)27-13-11-26(12-14-27)16-19-9-5-6-10-20(19)24/h2-10H,11-16H2,1H3. The van der Waals surface area contributed by atoms with Crippen LogP contribution in [0.2, 0.25) is 0 Å². The Morgan fingerprint density at radius 1 is 1.03 bits per heavy atom. The fraction of sp³-hybridized carbons (Fsp3) is 0.304. The summed E-state index contributed by atoms with van der Waals surface area (Å²) in [7, 11) is 0. The van der Waals surface area contributed by atoms with E-state index in [2.05, 4.69) is 9.88 Å². The van der Waals surface area contributed by atoms with Gasteiger partial charge in [-0.25, -0.2) is 9.37 Å². The molecular weight excluding hydrogens is 369 g/mol. The van der Waals surface area contributed by atoms with E-state index >= 15 is 0 Å². The highest BCUT2D eigenvalue weighted by Crippen LogP contribution is 2.22. The van der Waals surface area contributed by atoms with Crippen molar-refractivity contribution in [2.45, 2.75) is 19.9 Å². The van der Waals surface area contributed by atoms with Gasteiger partial charge in [-0.2, -0.15) is 0 Å². The Bertz CT molecular complexity index is 979. The summed E-state index contributed by atoms with van der Waals surface area (Å²) < 4.78 is 19.6. The first kappa shape index (κ1) is 19.3. The summed E-state index contributed by atoms with van der Waals surface area (Å²) in [5, 5.41) is 0. The predicted molar refractivity (Wildman–Crippen MR) is 109 cm³/mol. The first-order valence-electron chi connectivity index (χ1n) is 9.85. The summed E-state index contributed by atoms with van der Waals surface area (Å²) >= 11 is 0. The minimum absolute atomic E-state index is 0.0477. The van der Waals surface area contributed by atoms with Crippen molar-refractivity contribution in [3.63, 3.8) is 0 Å². The second kappa shape index (κ2) is 8.57. The average Bonchev–Trinajstić information content (AvgIpc) is 3.11. The van der Waals surface area contributed by atoms with Gasteiger partial charge in [0.25, 0.3) is 0 Å². The molecule has 0 aliphatic carbocycles. The second-order valence-corrected chi connectivity index (χ2v) is 7.31. The highest BCUT2D eigenvalue weighted by molar-refractivity contribution is 5.78. The maximum Gasteiger partial charge on any atom is 0.228 e. The van der Waals surface area contributed by atoms with Crippen LogP contribution in [0.1, 0.15) is 17.0 Å². The van der Waals surface area contributed by atoms with E-state index in [1.807, 2.05) is 54.3 Å². The average molecular weight is 393 g/mol. The first-order chi connectivity index (χ1) is 14.1. The number of nitrogens with zero attached hydrogens (tertiary/aromatic N) is 3. The Morgan fingerprint density at radius 3 is 2.45 bits per heavy atom. The molecule has 0 bridgehead atoms. The number of oxazole rings is 1. The first-order valence-corrected chi connectivity index (χ1v) is 9.85.